The molecule has 10 heteroatoms. The summed E-state index contributed by atoms with van der Waals surface area (Å²) in [6.45, 7) is 2.99. The number of benzene rings is 2. The van der Waals surface area contributed by atoms with Crippen molar-refractivity contribution in [3.63, 3.8) is 0 Å². The number of aromatic nitrogens is 7. The van der Waals surface area contributed by atoms with Crippen LogP contribution in [0.1, 0.15) is 24.1 Å². The SMILES string of the molecule is Fc1ccc(-n2cc(Cn3cnc4c(NCc5ccccc5)nc(N5CCCC5)nc43)nn2)cc1. The molecule has 2 aromatic carbocycles. The topological polar surface area (TPSA) is 89.6 Å². The lowest BCUT2D eigenvalue weighted by Gasteiger charge is -2.17. The van der Waals surface area contributed by atoms with Crippen LogP contribution in [0.5, 0.6) is 0 Å². The van der Waals surface area contributed by atoms with Crippen LogP contribution >= 0.6 is 0 Å². The molecule has 176 valence electrons. The highest BCUT2D eigenvalue weighted by atomic mass is 19.1. The maximum Gasteiger partial charge on any atom is 0.229 e. The molecule has 1 aliphatic rings. The predicted molar refractivity (Wildman–Crippen MR) is 131 cm³/mol. The minimum absolute atomic E-state index is 0.288. The predicted octanol–water partition coefficient (Wildman–Crippen LogP) is 3.81. The van der Waals surface area contributed by atoms with E-state index in [-0.39, 0.29) is 5.82 Å². The third-order valence-electron chi connectivity index (χ3n) is 6.11. The monoisotopic (exact) mass is 469 g/mol. The molecule has 0 atom stereocenters. The number of hydrogen-bond donors (Lipinski definition) is 1. The first kappa shape index (κ1) is 21.2. The third-order valence-corrected chi connectivity index (χ3v) is 6.11. The molecular formula is C25H24FN9. The molecule has 3 aromatic heterocycles. The fourth-order valence-corrected chi connectivity index (χ4v) is 4.28. The Morgan fingerprint density at radius 1 is 0.943 bits per heavy atom. The molecule has 1 saturated heterocycles. The van der Waals surface area contributed by atoms with E-state index in [0.717, 1.165) is 54.3 Å². The highest BCUT2D eigenvalue weighted by molar-refractivity contribution is 5.84. The molecule has 0 aliphatic carbocycles. The van der Waals surface area contributed by atoms with Gasteiger partial charge >= 0.3 is 0 Å². The van der Waals surface area contributed by atoms with Crippen molar-refractivity contribution < 1.29 is 4.39 Å². The summed E-state index contributed by atoms with van der Waals surface area (Å²) in [5, 5.41) is 11.9. The van der Waals surface area contributed by atoms with E-state index in [1.165, 1.54) is 17.7 Å². The Bertz CT molecular complexity index is 1440. The lowest BCUT2D eigenvalue weighted by atomic mass is 10.2. The van der Waals surface area contributed by atoms with E-state index < -0.39 is 0 Å². The van der Waals surface area contributed by atoms with Crippen molar-refractivity contribution >= 4 is 22.9 Å². The Labute approximate surface area is 201 Å². The van der Waals surface area contributed by atoms with Crippen LogP contribution in [0.25, 0.3) is 16.9 Å². The lowest BCUT2D eigenvalue weighted by Crippen LogP contribution is -2.21. The van der Waals surface area contributed by atoms with E-state index in [2.05, 4.69) is 37.6 Å². The minimum atomic E-state index is -0.288. The summed E-state index contributed by atoms with van der Waals surface area (Å²) in [6, 6.07) is 16.4. The summed E-state index contributed by atoms with van der Waals surface area (Å²) in [7, 11) is 0. The van der Waals surface area contributed by atoms with Crippen molar-refractivity contribution in [1.29, 1.82) is 0 Å². The summed E-state index contributed by atoms with van der Waals surface area (Å²) in [4.78, 5) is 16.6. The van der Waals surface area contributed by atoms with E-state index >= 15 is 0 Å². The summed E-state index contributed by atoms with van der Waals surface area (Å²) < 4.78 is 16.9. The average molecular weight is 470 g/mol. The molecule has 9 nitrogen and oxygen atoms in total. The van der Waals surface area contributed by atoms with Crippen LogP contribution < -0.4 is 10.2 Å². The molecule has 1 N–H and O–H groups in total. The second-order valence-electron chi connectivity index (χ2n) is 8.58. The van der Waals surface area contributed by atoms with Gasteiger partial charge in [-0.15, -0.1) is 5.10 Å². The van der Waals surface area contributed by atoms with Gasteiger partial charge in [-0.2, -0.15) is 9.97 Å². The first-order valence-electron chi connectivity index (χ1n) is 11.7. The van der Waals surface area contributed by atoms with Crippen LogP contribution in [0.4, 0.5) is 16.2 Å². The molecule has 6 rings (SSSR count). The lowest BCUT2D eigenvalue weighted by molar-refractivity contribution is 0.626. The molecule has 4 heterocycles. The van der Waals surface area contributed by atoms with E-state index in [0.29, 0.717) is 19.0 Å². The molecule has 0 spiro atoms. The van der Waals surface area contributed by atoms with Crippen LogP contribution in [0.2, 0.25) is 0 Å². The molecule has 5 aromatic rings. The highest BCUT2D eigenvalue weighted by Crippen LogP contribution is 2.25. The van der Waals surface area contributed by atoms with Gasteiger partial charge in [-0.1, -0.05) is 35.5 Å². The maximum absolute atomic E-state index is 13.3. The highest BCUT2D eigenvalue weighted by Gasteiger charge is 2.20. The number of hydrogen-bond acceptors (Lipinski definition) is 7. The maximum atomic E-state index is 13.3. The Morgan fingerprint density at radius 3 is 2.54 bits per heavy atom. The van der Waals surface area contributed by atoms with Crippen LogP contribution in [-0.4, -0.2) is 47.6 Å². The second-order valence-corrected chi connectivity index (χ2v) is 8.58. The standard InChI is InChI=1S/C25H24FN9/c26-19-8-10-21(11-9-19)35-16-20(31-32-35)15-34-17-28-22-23(27-14-18-6-2-1-3-7-18)29-25(30-24(22)34)33-12-4-5-13-33/h1-3,6-11,16-17H,4-5,12-15H2,(H,27,29,30). The van der Waals surface area contributed by atoms with Crippen LogP contribution in [0.15, 0.2) is 67.1 Å². The average Bonchev–Trinajstić information content (AvgIpc) is 3.66. The van der Waals surface area contributed by atoms with Gasteiger partial charge in [-0.3, -0.25) is 0 Å². The molecule has 0 radical (unpaired) electrons. The van der Waals surface area contributed by atoms with Gasteiger partial charge in [0.15, 0.2) is 17.0 Å². The number of rotatable bonds is 7. The number of imidazole rings is 1. The van der Waals surface area contributed by atoms with Gasteiger partial charge < -0.3 is 14.8 Å². The van der Waals surface area contributed by atoms with E-state index in [9.17, 15) is 4.39 Å². The minimum Gasteiger partial charge on any atom is -0.364 e. The zero-order valence-corrected chi connectivity index (χ0v) is 19.0. The molecule has 35 heavy (non-hydrogen) atoms. The van der Waals surface area contributed by atoms with Gasteiger partial charge in [-0.25, -0.2) is 14.1 Å². The van der Waals surface area contributed by atoms with Crippen molar-refractivity contribution in [2.75, 3.05) is 23.3 Å². The fourth-order valence-electron chi connectivity index (χ4n) is 4.28. The summed E-state index contributed by atoms with van der Waals surface area (Å²) in [6.07, 6.45) is 5.87. The van der Waals surface area contributed by atoms with Gasteiger partial charge in [0.25, 0.3) is 0 Å². The molecule has 0 amide bonds. The summed E-state index contributed by atoms with van der Waals surface area (Å²) >= 11 is 0. The van der Waals surface area contributed by atoms with Crippen LogP contribution in [-0.2, 0) is 13.1 Å². The van der Waals surface area contributed by atoms with Crippen molar-refractivity contribution in [1.82, 2.24) is 34.5 Å². The number of halogens is 1. The molecule has 0 unspecified atom stereocenters. The van der Waals surface area contributed by atoms with Gasteiger partial charge in [-0.05, 0) is 42.7 Å². The Balaban J connectivity index is 1.31. The quantitative estimate of drug-likeness (QED) is 0.388. The number of nitrogens with one attached hydrogen (secondary N) is 1. The largest absolute Gasteiger partial charge is 0.364 e. The zero-order valence-electron chi connectivity index (χ0n) is 19.0. The van der Waals surface area contributed by atoms with Crippen LogP contribution in [0.3, 0.4) is 0 Å². The molecular weight excluding hydrogens is 445 g/mol. The van der Waals surface area contributed by atoms with Crippen LogP contribution in [0, 0.1) is 5.82 Å². The van der Waals surface area contributed by atoms with E-state index in [4.69, 9.17) is 9.97 Å². The number of fused-ring (bicyclic) bond motifs is 1. The van der Waals surface area contributed by atoms with Crippen molar-refractivity contribution in [2.24, 2.45) is 0 Å². The first-order valence-corrected chi connectivity index (χ1v) is 11.7. The van der Waals surface area contributed by atoms with Crippen molar-refractivity contribution in [3.8, 4) is 5.69 Å². The van der Waals surface area contributed by atoms with Gasteiger partial charge in [0.1, 0.15) is 11.5 Å². The Morgan fingerprint density at radius 2 is 1.74 bits per heavy atom. The molecule has 0 saturated carbocycles. The zero-order chi connectivity index (χ0) is 23.6. The number of nitrogens with zero attached hydrogens (tertiary/aromatic N) is 8. The smallest absolute Gasteiger partial charge is 0.229 e. The molecule has 1 fully saturated rings. The van der Waals surface area contributed by atoms with E-state index in [1.54, 1.807) is 23.1 Å². The first-order chi connectivity index (χ1) is 17.2. The second kappa shape index (κ2) is 9.13. The summed E-state index contributed by atoms with van der Waals surface area (Å²) in [5.74, 6) is 1.14. The normalized spacial score (nSPS) is 13.6. The summed E-state index contributed by atoms with van der Waals surface area (Å²) in [5.41, 5.74) is 4.11. The van der Waals surface area contributed by atoms with Crippen molar-refractivity contribution in [2.45, 2.75) is 25.9 Å². The van der Waals surface area contributed by atoms with Crippen molar-refractivity contribution in [3.05, 3.63) is 84.2 Å². The Hall–Kier alpha value is -4.34. The third kappa shape index (κ3) is 4.42. The molecule has 1 aliphatic heterocycles. The van der Waals surface area contributed by atoms with Gasteiger partial charge in [0, 0.05) is 19.6 Å². The van der Waals surface area contributed by atoms with E-state index in [1.807, 2.05) is 29.0 Å². The Kier molecular flexibility index (Phi) is 5.53. The fraction of sp³-hybridized carbons (Fsp3) is 0.240. The molecule has 0 bridgehead atoms. The van der Waals surface area contributed by atoms with Gasteiger partial charge in [0.05, 0.1) is 24.8 Å². The van der Waals surface area contributed by atoms with Gasteiger partial charge in [0.2, 0.25) is 5.95 Å². The number of anilines is 2.